The Balaban J connectivity index is 1.35. The zero-order valence-electron chi connectivity index (χ0n) is 23.6. The number of anilines is 2. The lowest BCUT2D eigenvalue weighted by Crippen LogP contribution is -2.19. The minimum atomic E-state index is -4.42. The number of ether oxygens (including phenoxy) is 2. The largest absolute Gasteiger partial charge is 0.495 e. The predicted octanol–water partition coefficient (Wildman–Crippen LogP) is 5.74. The molecule has 0 saturated carbocycles. The summed E-state index contributed by atoms with van der Waals surface area (Å²) in [5.74, 6) is 6.95. The Kier molecular flexibility index (Phi) is 8.89. The minimum Gasteiger partial charge on any atom is -0.495 e. The molecule has 1 aliphatic heterocycles. The van der Waals surface area contributed by atoms with Crippen LogP contribution in [0.4, 0.5) is 24.7 Å². The highest BCUT2D eigenvalue weighted by molar-refractivity contribution is 7.92. The average Bonchev–Trinajstić information content (AvgIpc) is 3.53. The fraction of sp³-hybridized carbons (Fsp3) is 0.367. The monoisotopic (exact) mass is 616 g/mol. The molecule has 0 atom stereocenters. The molecule has 1 aliphatic rings. The van der Waals surface area contributed by atoms with E-state index in [4.69, 9.17) is 14.0 Å². The molecule has 1 fully saturated rings. The van der Waals surface area contributed by atoms with Crippen LogP contribution in [0.2, 0.25) is 0 Å². The Bertz CT molecular complexity index is 1760. The maximum Gasteiger partial charge on any atom is 0.406 e. The van der Waals surface area contributed by atoms with Crippen LogP contribution in [0.15, 0.2) is 57.9 Å². The molecular weight excluding hydrogens is 585 g/mol. The molecule has 3 heterocycles. The number of fused-ring (bicyclic) bond motifs is 1. The van der Waals surface area contributed by atoms with E-state index in [9.17, 15) is 21.6 Å². The Morgan fingerprint density at radius 3 is 2.63 bits per heavy atom. The van der Waals surface area contributed by atoms with Crippen molar-refractivity contribution in [2.24, 2.45) is 5.92 Å². The number of rotatable bonds is 9. The lowest BCUT2D eigenvalue weighted by atomic mass is 9.91. The molecule has 5 rings (SSSR count). The van der Waals surface area contributed by atoms with E-state index in [0.29, 0.717) is 36.1 Å². The summed E-state index contributed by atoms with van der Waals surface area (Å²) in [4.78, 5) is -0.0603. The average molecular weight is 617 g/mol. The van der Waals surface area contributed by atoms with Gasteiger partial charge in [0.25, 0.3) is 10.0 Å². The number of hydrogen-bond acceptors (Lipinski definition) is 7. The molecule has 9 nitrogen and oxygen atoms in total. The Hall–Kier alpha value is -4.15. The van der Waals surface area contributed by atoms with Crippen molar-refractivity contribution in [3.05, 3.63) is 65.5 Å². The number of nitrogens with zero attached hydrogens (tertiary/aromatic N) is 2. The van der Waals surface area contributed by atoms with Crippen molar-refractivity contribution in [2.75, 3.05) is 36.9 Å². The fourth-order valence-electron chi connectivity index (χ4n) is 5.11. The summed E-state index contributed by atoms with van der Waals surface area (Å²) in [6.07, 6.45) is -1.81. The van der Waals surface area contributed by atoms with E-state index >= 15 is 0 Å². The van der Waals surface area contributed by atoms with Crippen molar-refractivity contribution >= 4 is 32.4 Å². The summed E-state index contributed by atoms with van der Waals surface area (Å²) < 4.78 is 85.5. The Labute approximate surface area is 247 Å². The number of nitrogens with one attached hydrogen (secondary N) is 2. The first-order chi connectivity index (χ1) is 20.5. The maximum atomic E-state index is 13.6. The highest BCUT2D eigenvalue weighted by Crippen LogP contribution is 2.31. The number of benzene rings is 2. The van der Waals surface area contributed by atoms with Gasteiger partial charge in [0.05, 0.1) is 29.9 Å². The Morgan fingerprint density at radius 1 is 1.14 bits per heavy atom. The second-order valence-corrected chi connectivity index (χ2v) is 12.0. The molecule has 228 valence electrons. The summed E-state index contributed by atoms with van der Waals surface area (Å²) in [6, 6.07) is 12.9. The van der Waals surface area contributed by atoms with Crippen molar-refractivity contribution in [3.63, 3.8) is 0 Å². The van der Waals surface area contributed by atoms with Gasteiger partial charge in [0.15, 0.2) is 5.82 Å². The third-order valence-corrected chi connectivity index (χ3v) is 8.51. The first kappa shape index (κ1) is 30.3. The van der Waals surface area contributed by atoms with Crippen molar-refractivity contribution in [2.45, 2.75) is 43.8 Å². The van der Waals surface area contributed by atoms with Crippen molar-refractivity contribution in [1.29, 1.82) is 0 Å². The number of aromatic nitrogens is 2. The molecule has 1 saturated heterocycles. The van der Waals surface area contributed by atoms with E-state index in [1.165, 1.54) is 35.9 Å². The Morgan fingerprint density at radius 2 is 1.93 bits per heavy atom. The maximum absolute atomic E-state index is 13.6. The number of halogens is 3. The van der Waals surface area contributed by atoms with Gasteiger partial charge in [0, 0.05) is 36.2 Å². The molecule has 2 aromatic carbocycles. The number of sulfonamides is 1. The van der Waals surface area contributed by atoms with Gasteiger partial charge in [-0.25, -0.2) is 8.42 Å². The van der Waals surface area contributed by atoms with Gasteiger partial charge >= 0.3 is 6.18 Å². The molecule has 0 unspecified atom stereocenters. The van der Waals surface area contributed by atoms with Crippen LogP contribution >= 0.6 is 0 Å². The normalized spacial score (nSPS) is 14.3. The SMILES string of the molecule is COc1cc(S(=O)(=O)Nc2cc(C)on2)ccc1NCC#Cc1cc2c(CC3CCOCC3)cccc2n1CC(F)(F)F. The number of alkyl halides is 3. The van der Waals surface area contributed by atoms with Gasteiger partial charge in [-0.15, -0.1) is 0 Å². The first-order valence-electron chi connectivity index (χ1n) is 13.6. The van der Waals surface area contributed by atoms with Crippen LogP contribution in [0.3, 0.4) is 0 Å². The summed E-state index contributed by atoms with van der Waals surface area (Å²) in [5.41, 5.74) is 2.21. The van der Waals surface area contributed by atoms with Crippen molar-refractivity contribution < 1.29 is 35.6 Å². The van der Waals surface area contributed by atoms with E-state index in [1.54, 1.807) is 25.1 Å². The summed E-state index contributed by atoms with van der Waals surface area (Å²) >= 11 is 0. The van der Waals surface area contributed by atoms with Crippen LogP contribution in [0, 0.1) is 24.7 Å². The smallest absolute Gasteiger partial charge is 0.406 e. The lowest BCUT2D eigenvalue weighted by molar-refractivity contribution is -0.140. The topological polar surface area (TPSA) is 108 Å². The van der Waals surface area contributed by atoms with Gasteiger partial charge in [-0.05, 0) is 67.9 Å². The third kappa shape index (κ3) is 7.44. The molecule has 0 amide bonds. The highest BCUT2D eigenvalue weighted by atomic mass is 32.2. The molecule has 43 heavy (non-hydrogen) atoms. The van der Waals surface area contributed by atoms with Crippen LogP contribution in [0.25, 0.3) is 10.9 Å². The standard InChI is InChI=1S/C30H31F3N4O5S/c1-20-15-29(35-42-20)36-43(38,39)24-8-9-26(28(18-24)40-2)34-12-4-6-23-17-25-22(16-21-10-13-41-14-11-21)5-3-7-27(25)37(23)19-30(31,32)33/h3,5,7-9,15,17-18,21,34H,10-14,16,19H2,1-2H3,(H,35,36). The van der Waals surface area contributed by atoms with Gasteiger partial charge in [-0.1, -0.05) is 23.2 Å². The third-order valence-electron chi connectivity index (χ3n) is 7.16. The lowest BCUT2D eigenvalue weighted by Gasteiger charge is -2.22. The van der Waals surface area contributed by atoms with Crippen LogP contribution < -0.4 is 14.8 Å². The molecular formula is C30H31F3N4O5S. The van der Waals surface area contributed by atoms with Crippen LogP contribution in [0.5, 0.6) is 5.75 Å². The molecule has 0 aliphatic carbocycles. The highest BCUT2D eigenvalue weighted by Gasteiger charge is 2.30. The van der Waals surface area contributed by atoms with E-state index in [-0.39, 0.29) is 28.7 Å². The zero-order valence-corrected chi connectivity index (χ0v) is 24.4. The van der Waals surface area contributed by atoms with E-state index < -0.39 is 22.7 Å². The minimum absolute atomic E-state index is 0.0487. The second-order valence-electron chi connectivity index (χ2n) is 10.3. The van der Waals surface area contributed by atoms with Gasteiger partial charge < -0.3 is 23.9 Å². The number of hydrogen-bond donors (Lipinski definition) is 2. The summed E-state index contributed by atoms with van der Waals surface area (Å²) in [7, 11) is -2.57. The summed E-state index contributed by atoms with van der Waals surface area (Å²) in [5, 5.41) is 7.45. The summed E-state index contributed by atoms with van der Waals surface area (Å²) in [6.45, 7) is 1.95. The molecule has 0 spiro atoms. The molecule has 0 radical (unpaired) electrons. The second kappa shape index (κ2) is 12.6. The number of methoxy groups -OCH3 is 1. The van der Waals surface area contributed by atoms with Crippen LogP contribution in [0.1, 0.15) is 29.9 Å². The van der Waals surface area contributed by atoms with E-state index in [0.717, 1.165) is 30.2 Å². The molecule has 4 aromatic rings. The van der Waals surface area contributed by atoms with Crippen molar-refractivity contribution in [1.82, 2.24) is 9.72 Å². The van der Waals surface area contributed by atoms with Crippen molar-refractivity contribution in [3.8, 4) is 17.6 Å². The van der Waals surface area contributed by atoms with Gasteiger partial charge in [0.2, 0.25) is 0 Å². The first-order valence-corrected chi connectivity index (χ1v) is 15.1. The predicted molar refractivity (Wildman–Crippen MR) is 156 cm³/mol. The zero-order chi connectivity index (χ0) is 30.6. The van der Waals surface area contributed by atoms with Gasteiger partial charge in [0.1, 0.15) is 18.1 Å². The van der Waals surface area contributed by atoms with Gasteiger partial charge in [-0.2, -0.15) is 13.2 Å². The molecule has 2 N–H and O–H groups in total. The molecule has 0 bridgehead atoms. The quantitative estimate of drug-likeness (QED) is 0.231. The van der Waals surface area contributed by atoms with E-state index in [1.807, 2.05) is 6.07 Å². The van der Waals surface area contributed by atoms with Gasteiger partial charge in [-0.3, -0.25) is 4.72 Å². The molecule has 2 aromatic heterocycles. The fourth-order valence-corrected chi connectivity index (χ4v) is 6.11. The molecule has 13 heteroatoms. The van der Waals surface area contributed by atoms with Crippen LogP contribution in [-0.2, 0) is 27.7 Å². The van der Waals surface area contributed by atoms with E-state index in [2.05, 4.69) is 27.0 Å². The van der Waals surface area contributed by atoms with Crippen LogP contribution in [-0.4, -0.2) is 51.2 Å². The number of aryl methyl sites for hydroxylation is 1.